The molecule has 200 valence electrons. The second-order valence-electron chi connectivity index (χ2n) is 8.29. The Hall–Kier alpha value is -3.02. The molecular weight excluding hydrogens is 492 g/mol. The molecule has 0 unspecified atom stereocenters. The minimum Gasteiger partial charge on any atom is -0.383 e. The average Bonchev–Trinajstić information content (AvgIpc) is 3.21. The number of hydrogen-bond acceptors (Lipinski definition) is 3. The monoisotopic (exact) mass is 521 g/mol. The van der Waals surface area contributed by atoms with Gasteiger partial charge < -0.3 is 19.1 Å². The zero-order valence-electron chi connectivity index (χ0n) is 20.2. The Kier molecular flexibility index (Phi) is 9.97. The van der Waals surface area contributed by atoms with E-state index in [2.05, 4.69) is 0 Å². The second kappa shape index (κ2) is 12.3. The molecule has 0 bridgehead atoms. The van der Waals surface area contributed by atoms with Gasteiger partial charge in [0.25, 0.3) is 5.91 Å². The Bertz CT molecular complexity index is 1000. The van der Waals surface area contributed by atoms with Crippen molar-refractivity contribution in [1.29, 1.82) is 0 Å². The van der Waals surface area contributed by atoms with Crippen molar-refractivity contribution in [3.63, 3.8) is 0 Å². The highest BCUT2D eigenvalue weighted by Crippen LogP contribution is 2.36. The molecule has 0 N–H and O–H groups in total. The molecule has 0 fully saturated rings. The lowest BCUT2D eigenvalue weighted by molar-refractivity contribution is -0.143. The van der Waals surface area contributed by atoms with Crippen LogP contribution in [0.5, 0.6) is 0 Å². The first-order valence-corrected chi connectivity index (χ1v) is 11.2. The van der Waals surface area contributed by atoms with Crippen LogP contribution in [0, 0.1) is 0 Å². The summed E-state index contributed by atoms with van der Waals surface area (Å²) in [6, 6.07) is 4.30. The van der Waals surface area contributed by atoms with Crippen LogP contribution in [0.3, 0.4) is 0 Å². The van der Waals surface area contributed by atoms with Crippen LogP contribution in [0.25, 0.3) is 0 Å². The number of carbonyl (C=O) groups excluding carboxylic acids is 2. The molecular formula is C24H29F6N3O3. The van der Waals surface area contributed by atoms with Gasteiger partial charge in [0.15, 0.2) is 0 Å². The first kappa shape index (κ1) is 29.2. The number of amides is 2. The minimum absolute atomic E-state index is 0.0478. The van der Waals surface area contributed by atoms with Crippen molar-refractivity contribution >= 4 is 11.8 Å². The van der Waals surface area contributed by atoms with E-state index < -0.39 is 47.4 Å². The molecule has 0 atom stereocenters. The Morgan fingerprint density at radius 3 is 2.06 bits per heavy atom. The van der Waals surface area contributed by atoms with Gasteiger partial charge in [0.1, 0.15) is 6.54 Å². The fraction of sp³-hybridized carbons (Fsp3) is 0.500. The molecule has 0 saturated heterocycles. The van der Waals surface area contributed by atoms with Crippen LogP contribution in [0.1, 0.15) is 46.9 Å². The highest BCUT2D eigenvalue weighted by molar-refractivity contribution is 5.97. The average molecular weight is 522 g/mol. The molecule has 0 aliphatic heterocycles. The summed E-state index contributed by atoms with van der Waals surface area (Å²) in [6.45, 7) is 1.73. The van der Waals surface area contributed by atoms with Crippen LogP contribution in [0.15, 0.2) is 36.5 Å². The lowest BCUT2D eigenvalue weighted by atomic mass is 10.0. The summed E-state index contributed by atoms with van der Waals surface area (Å²) < 4.78 is 86.4. The van der Waals surface area contributed by atoms with Gasteiger partial charge in [-0.05, 0) is 36.8 Å². The summed E-state index contributed by atoms with van der Waals surface area (Å²) in [4.78, 5) is 28.7. The van der Waals surface area contributed by atoms with Gasteiger partial charge in [0.2, 0.25) is 5.91 Å². The van der Waals surface area contributed by atoms with Crippen molar-refractivity contribution in [2.45, 2.75) is 38.7 Å². The maximum absolute atomic E-state index is 13.3. The maximum Gasteiger partial charge on any atom is 0.416 e. The van der Waals surface area contributed by atoms with Crippen molar-refractivity contribution in [2.24, 2.45) is 7.05 Å². The molecule has 1 heterocycles. The fourth-order valence-electron chi connectivity index (χ4n) is 3.48. The molecule has 12 heteroatoms. The predicted octanol–water partition coefficient (Wildman–Crippen LogP) is 4.98. The van der Waals surface area contributed by atoms with Crippen molar-refractivity contribution in [3.05, 3.63) is 58.9 Å². The zero-order valence-corrected chi connectivity index (χ0v) is 20.2. The number of benzene rings is 1. The Morgan fingerprint density at radius 2 is 1.58 bits per heavy atom. The van der Waals surface area contributed by atoms with Gasteiger partial charge in [0, 0.05) is 44.7 Å². The van der Waals surface area contributed by atoms with Crippen molar-refractivity contribution in [3.8, 4) is 0 Å². The molecule has 36 heavy (non-hydrogen) atoms. The van der Waals surface area contributed by atoms with E-state index in [1.54, 1.807) is 19.3 Å². The van der Waals surface area contributed by atoms with E-state index in [1.807, 2.05) is 17.6 Å². The molecule has 2 rings (SSSR count). The quantitative estimate of drug-likeness (QED) is 0.392. The summed E-state index contributed by atoms with van der Waals surface area (Å²) in [5.74, 6) is -1.62. The number of nitrogens with zero attached hydrogens (tertiary/aromatic N) is 3. The SMILES string of the molecule is CCCCN(Cc1cccn1C)C(=O)CN(CCOC)C(=O)c1cc(C(F)(F)F)cc(C(F)(F)F)c1. The maximum atomic E-state index is 13.3. The summed E-state index contributed by atoms with van der Waals surface area (Å²) in [5, 5.41) is 0. The van der Waals surface area contributed by atoms with E-state index in [0.29, 0.717) is 25.1 Å². The first-order valence-electron chi connectivity index (χ1n) is 11.2. The molecule has 1 aromatic heterocycles. The third-order valence-electron chi connectivity index (χ3n) is 5.55. The van der Waals surface area contributed by atoms with Gasteiger partial charge in [-0.1, -0.05) is 13.3 Å². The third-order valence-corrected chi connectivity index (χ3v) is 5.55. The Labute approximate surface area is 205 Å². The lowest BCUT2D eigenvalue weighted by Gasteiger charge is -2.28. The van der Waals surface area contributed by atoms with Gasteiger partial charge in [-0.15, -0.1) is 0 Å². The summed E-state index contributed by atoms with van der Waals surface area (Å²) >= 11 is 0. The number of rotatable bonds is 11. The van der Waals surface area contributed by atoms with E-state index in [1.165, 1.54) is 12.0 Å². The van der Waals surface area contributed by atoms with E-state index >= 15 is 0 Å². The molecule has 6 nitrogen and oxygen atoms in total. The van der Waals surface area contributed by atoms with Gasteiger partial charge in [0.05, 0.1) is 24.3 Å². The number of carbonyl (C=O) groups is 2. The van der Waals surface area contributed by atoms with Crippen LogP contribution in [0.4, 0.5) is 26.3 Å². The third kappa shape index (κ3) is 8.00. The number of unbranched alkanes of at least 4 members (excludes halogenated alkanes) is 1. The minimum atomic E-state index is -5.10. The van der Waals surface area contributed by atoms with E-state index in [0.717, 1.165) is 17.0 Å². The van der Waals surface area contributed by atoms with Crippen molar-refractivity contribution < 1.29 is 40.7 Å². The number of methoxy groups -OCH3 is 1. The highest BCUT2D eigenvalue weighted by Gasteiger charge is 2.38. The van der Waals surface area contributed by atoms with Crippen molar-refractivity contribution in [2.75, 3.05) is 33.4 Å². The van der Waals surface area contributed by atoms with Crippen molar-refractivity contribution in [1.82, 2.24) is 14.4 Å². The number of aryl methyl sites for hydroxylation is 1. The predicted molar refractivity (Wildman–Crippen MR) is 120 cm³/mol. The normalized spacial score (nSPS) is 12.0. The van der Waals surface area contributed by atoms with E-state index in [-0.39, 0.29) is 25.8 Å². The number of hydrogen-bond donors (Lipinski definition) is 0. The van der Waals surface area contributed by atoms with Gasteiger partial charge in [-0.25, -0.2) is 0 Å². The van der Waals surface area contributed by atoms with Gasteiger partial charge >= 0.3 is 12.4 Å². The van der Waals surface area contributed by atoms with Crippen LogP contribution in [0.2, 0.25) is 0 Å². The molecule has 0 saturated carbocycles. The second-order valence-corrected chi connectivity index (χ2v) is 8.29. The van der Waals surface area contributed by atoms with Crippen LogP contribution >= 0.6 is 0 Å². The topological polar surface area (TPSA) is 54.8 Å². The van der Waals surface area contributed by atoms with Crippen LogP contribution in [-0.4, -0.2) is 59.5 Å². The molecule has 0 radical (unpaired) electrons. The molecule has 0 spiro atoms. The Morgan fingerprint density at radius 1 is 0.972 bits per heavy atom. The smallest absolute Gasteiger partial charge is 0.383 e. The number of ether oxygens (including phenoxy) is 1. The van der Waals surface area contributed by atoms with Crippen LogP contribution in [-0.2, 0) is 35.5 Å². The summed E-state index contributed by atoms with van der Waals surface area (Å²) in [6.07, 6.45) is -6.94. The zero-order chi connectivity index (χ0) is 27.1. The van der Waals surface area contributed by atoms with Crippen LogP contribution < -0.4 is 0 Å². The number of aromatic nitrogens is 1. The summed E-state index contributed by atoms with van der Waals surface area (Å²) in [7, 11) is 3.12. The lowest BCUT2D eigenvalue weighted by Crippen LogP contribution is -2.44. The van der Waals surface area contributed by atoms with Gasteiger partial charge in [-0.2, -0.15) is 26.3 Å². The molecule has 0 aliphatic carbocycles. The van der Waals surface area contributed by atoms with Gasteiger partial charge in [-0.3, -0.25) is 9.59 Å². The molecule has 0 aliphatic rings. The molecule has 2 amide bonds. The number of alkyl halides is 6. The standard InChI is InChI=1S/C24H29F6N3O3/c1-4-5-9-32(15-20-7-6-8-31(20)2)21(34)16-33(10-11-36-3)22(35)17-12-18(23(25,26)27)14-19(13-17)24(28,29)30/h6-8,12-14H,4-5,9-11,15-16H2,1-3H3. The fourth-order valence-corrected chi connectivity index (χ4v) is 3.48. The highest BCUT2D eigenvalue weighted by atomic mass is 19.4. The Balaban J connectivity index is 2.38. The molecule has 2 aromatic rings. The van der Waals surface area contributed by atoms with E-state index in [9.17, 15) is 35.9 Å². The molecule has 1 aromatic carbocycles. The first-order chi connectivity index (χ1) is 16.8. The van der Waals surface area contributed by atoms with E-state index in [4.69, 9.17) is 4.74 Å². The summed E-state index contributed by atoms with van der Waals surface area (Å²) in [5.41, 5.74) is -3.20. The largest absolute Gasteiger partial charge is 0.416 e. The number of halogens is 6.